The molecule has 1 heterocycles. The van der Waals surface area contributed by atoms with Crippen molar-refractivity contribution in [2.45, 2.75) is 64.5 Å². The van der Waals surface area contributed by atoms with Crippen molar-refractivity contribution in [2.24, 2.45) is 11.7 Å². The summed E-state index contributed by atoms with van der Waals surface area (Å²) in [5, 5.41) is 4.69. The summed E-state index contributed by atoms with van der Waals surface area (Å²) in [4.78, 5) is 0. The number of aromatic nitrogens is 2. The van der Waals surface area contributed by atoms with Gasteiger partial charge in [0.15, 0.2) is 0 Å². The van der Waals surface area contributed by atoms with Crippen LogP contribution < -0.4 is 5.73 Å². The molecule has 1 fully saturated rings. The fourth-order valence-corrected chi connectivity index (χ4v) is 2.60. The van der Waals surface area contributed by atoms with Crippen LogP contribution in [0.25, 0.3) is 0 Å². The van der Waals surface area contributed by atoms with Gasteiger partial charge in [0.2, 0.25) is 0 Å². The highest BCUT2D eigenvalue weighted by atomic mass is 15.3. The van der Waals surface area contributed by atoms with E-state index in [4.69, 9.17) is 5.73 Å². The van der Waals surface area contributed by atoms with Crippen molar-refractivity contribution in [2.75, 3.05) is 0 Å². The van der Waals surface area contributed by atoms with Gasteiger partial charge in [0.05, 0.1) is 11.7 Å². The van der Waals surface area contributed by atoms with Gasteiger partial charge in [-0.3, -0.25) is 4.68 Å². The maximum absolute atomic E-state index is 6.17. The molecule has 1 aliphatic carbocycles. The minimum Gasteiger partial charge on any atom is -0.327 e. The molecular weight excluding hydrogens is 210 g/mol. The Labute approximate surface area is 104 Å². The van der Waals surface area contributed by atoms with Crippen LogP contribution in [-0.2, 0) is 6.42 Å². The van der Waals surface area contributed by atoms with Gasteiger partial charge in [0.1, 0.15) is 0 Å². The minimum atomic E-state index is 0.243. The Morgan fingerprint density at radius 2 is 2.18 bits per heavy atom. The molecule has 2 rings (SSSR count). The fourth-order valence-electron chi connectivity index (χ4n) is 2.60. The minimum absolute atomic E-state index is 0.243. The second-order valence-corrected chi connectivity index (χ2v) is 5.48. The van der Waals surface area contributed by atoms with Crippen LogP contribution in [-0.4, -0.2) is 15.8 Å². The monoisotopic (exact) mass is 235 g/mol. The van der Waals surface area contributed by atoms with Gasteiger partial charge >= 0.3 is 0 Å². The van der Waals surface area contributed by atoms with E-state index in [-0.39, 0.29) is 6.04 Å². The Morgan fingerprint density at radius 1 is 1.47 bits per heavy atom. The lowest BCUT2D eigenvalue weighted by atomic mass is 9.96. The highest BCUT2D eigenvalue weighted by Crippen LogP contribution is 2.28. The topological polar surface area (TPSA) is 43.8 Å². The lowest BCUT2D eigenvalue weighted by molar-refractivity contribution is 0.426. The molecule has 2 N–H and O–H groups in total. The Hall–Kier alpha value is -0.830. The van der Waals surface area contributed by atoms with E-state index in [1.165, 1.54) is 25.7 Å². The van der Waals surface area contributed by atoms with Crippen LogP contribution in [0.2, 0.25) is 0 Å². The van der Waals surface area contributed by atoms with Crippen molar-refractivity contribution >= 4 is 0 Å². The number of rotatable bonds is 5. The normalized spacial score (nSPS) is 20.6. The SMILES string of the molecule is CCC(C)C(N)Cc1ccn(C2CCCC2)n1. The molecule has 0 amide bonds. The van der Waals surface area contributed by atoms with E-state index in [2.05, 4.69) is 35.9 Å². The molecule has 3 heteroatoms. The molecule has 0 aliphatic heterocycles. The molecule has 0 aromatic carbocycles. The molecule has 1 aromatic heterocycles. The molecule has 1 aliphatic rings. The van der Waals surface area contributed by atoms with E-state index in [0.29, 0.717) is 12.0 Å². The standard InChI is InChI=1S/C14H25N3/c1-3-11(2)14(15)10-12-8-9-17(16-12)13-6-4-5-7-13/h8-9,11,13-14H,3-7,10,15H2,1-2H3. The van der Waals surface area contributed by atoms with Crippen molar-refractivity contribution in [1.82, 2.24) is 9.78 Å². The van der Waals surface area contributed by atoms with E-state index in [1.807, 2.05) is 0 Å². The Kier molecular flexibility index (Phi) is 4.21. The average Bonchev–Trinajstić information content (AvgIpc) is 2.97. The molecule has 2 atom stereocenters. The zero-order valence-corrected chi connectivity index (χ0v) is 11.1. The van der Waals surface area contributed by atoms with Gasteiger partial charge in [0.25, 0.3) is 0 Å². The molecular formula is C14H25N3. The number of nitrogens with zero attached hydrogens (tertiary/aromatic N) is 2. The van der Waals surface area contributed by atoms with Gasteiger partial charge in [-0.2, -0.15) is 5.10 Å². The van der Waals surface area contributed by atoms with Gasteiger partial charge < -0.3 is 5.73 Å². The molecule has 0 spiro atoms. The third kappa shape index (κ3) is 3.09. The van der Waals surface area contributed by atoms with Crippen LogP contribution >= 0.6 is 0 Å². The lowest BCUT2D eigenvalue weighted by Crippen LogP contribution is -2.30. The highest BCUT2D eigenvalue weighted by Gasteiger charge is 2.18. The molecule has 0 bridgehead atoms. The summed E-state index contributed by atoms with van der Waals surface area (Å²) >= 11 is 0. The third-order valence-corrected chi connectivity index (χ3v) is 4.18. The van der Waals surface area contributed by atoms with Crippen molar-refractivity contribution in [3.05, 3.63) is 18.0 Å². The van der Waals surface area contributed by atoms with Gasteiger partial charge in [0, 0.05) is 18.7 Å². The maximum atomic E-state index is 6.17. The van der Waals surface area contributed by atoms with Crippen molar-refractivity contribution in [3.63, 3.8) is 0 Å². The summed E-state index contributed by atoms with van der Waals surface area (Å²) in [6.07, 6.45) is 9.48. The molecule has 0 saturated heterocycles. The van der Waals surface area contributed by atoms with Gasteiger partial charge in [-0.05, 0) is 24.8 Å². The Bertz CT molecular complexity index is 339. The lowest BCUT2D eigenvalue weighted by Gasteiger charge is -2.17. The van der Waals surface area contributed by atoms with Crippen LogP contribution in [0.15, 0.2) is 12.3 Å². The van der Waals surface area contributed by atoms with E-state index in [0.717, 1.165) is 18.5 Å². The number of hydrogen-bond donors (Lipinski definition) is 1. The first-order valence-electron chi connectivity index (χ1n) is 7.00. The quantitative estimate of drug-likeness (QED) is 0.852. The van der Waals surface area contributed by atoms with Crippen molar-refractivity contribution in [1.29, 1.82) is 0 Å². The summed E-state index contributed by atoms with van der Waals surface area (Å²) in [5.74, 6) is 0.576. The smallest absolute Gasteiger partial charge is 0.0640 e. The zero-order chi connectivity index (χ0) is 12.3. The molecule has 0 radical (unpaired) electrons. The zero-order valence-electron chi connectivity index (χ0n) is 11.1. The van der Waals surface area contributed by atoms with Crippen LogP contribution in [0.4, 0.5) is 0 Å². The first-order chi connectivity index (χ1) is 8.20. The summed E-state index contributed by atoms with van der Waals surface area (Å²) in [7, 11) is 0. The van der Waals surface area contributed by atoms with Gasteiger partial charge in [-0.1, -0.05) is 33.1 Å². The predicted octanol–water partition coefficient (Wildman–Crippen LogP) is 2.91. The second kappa shape index (κ2) is 5.67. The van der Waals surface area contributed by atoms with Crippen molar-refractivity contribution in [3.8, 4) is 0 Å². The summed E-state index contributed by atoms with van der Waals surface area (Å²) < 4.78 is 2.16. The number of hydrogen-bond acceptors (Lipinski definition) is 2. The molecule has 2 unspecified atom stereocenters. The summed E-state index contributed by atoms with van der Waals surface area (Å²) in [5.41, 5.74) is 7.33. The second-order valence-electron chi connectivity index (χ2n) is 5.48. The highest BCUT2D eigenvalue weighted by molar-refractivity contribution is 5.02. The molecule has 17 heavy (non-hydrogen) atoms. The first-order valence-corrected chi connectivity index (χ1v) is 7.00. The predicted molar refractivity (Wildman–Crippen MR) is 70.9 cm³/mol. The number of nitrogens with two attached hydrogens (primary N) is 1. The van der Waals surface area contributed by atoms with Gasteiger partial charge in [-0.15, -0.1) is 0 Å². The Morgan fingerprint density at radius 3 is 2.82 bits per heavy atom. The summed E-state index contributed by atoms with van der Waals surface area (Å²) in [6, 6.07) is 3.02. The molecule has 3 nitrogen and oxygen atoms in total. The largest absolute Gasteiger partial charge is 0.327 e. The van der Waals surface area contributed by atoms with E-state index < -0.39 is 0 Å². The maximum Gasteiger partial charge on any atom is 0.0640 e. The molecule has 1 saturated carbocycles. The van der Waals surface area contributed by atoms with Crippen LogP contribution in [0.3, 0.4) is 0 Å². The van der Waals surface area contributed by atoms with Crippen molar-refractivity contribution < 1.29 is 0 Å². The molecule has 96 valence electrons. The van der Waals surface area contributed by atoms with Crippen LogP contribution in [0, 0.1) is 5.92 Å². The van der Waals surface area contributed by atoms with E-state index in [9.17, 15) is 0 Å². The van der Waals surface area contributed by atoms with Gasteiger partial charge in [-0.25, -0.2) is 0 Å². The summed E-state index contributed by atoms with van der Waals surface area (Å²) in [6.45, 7) is 4.42. The third-order valence-electron chi connectivity index (χ3n) is 4.18. The van der Waals surface area contributed by atoms with E-state index >= 15 is 0 Å². The van der Waals surface area contributed by atoms with E-state index in [1.54, 1.807) is 0 Å². The fraction of sp³-hybridized carbons (Fsp3) is 0.786. The average molecular weight is 235 g/mol. The Balaban J connectivity index is 1.93. The van der Waals surface area contributed by atoms with Crippen LogP contribution in [0.1, 0.15) is 57.7 Å². The first kappa shape index (κ1) is 12.6. The molecule has 1 aromatic rings. The van der Waals surface area contributed by atoms with Crippen LogP contribution in [0.5, 0.6) is 0 Å².